The number of piperidine rings is 1. The second kappa shape index (κ2) is 2.99. The molecule has 0 aliphatic carbocycles. The average Bonchev–Trinajstić information content (AvgIpc) is 1.88. The Hall–Kier alpha value is -0.600. The summed E-state index contributed by atoms with van der Waals surface area (Å²) in [4.78, 5) is 12.3. The molecule has 3 heteroatoms. The maximum atomic E-state index is 12.6. The Labute approximate surface area is 60.0 Å². The van der Waals surface area contributed by atoms with Crippen LogP contribution in [-0.4, -0.2) is 30.1 Å². The monoisotopic (exact) mass is 145 g/mol. The number of halogens is 1. The van der Waals surface area contributed by atoms with E-state index in [2.05, 4.69) is 0 Å². The van der Waals surface area contributed by atoms with E-state index in [0.717, 1.165) is 13.0 Å². The molecular weight excluding hydrogens is 133 g/mol. The van der Waals surface area contributed by atoms with Crippen molar-refractivity contribution in [3.8, 4) is 0 Å². The quantitative estimate of drug-likeness (QED) is 0.497. The van der Waals surface area contributed by atoms with Crippen molar-refractivity contribution >= 4 is 5.91 Å². The average molecular weight is 145 g/mol. The van der Waals surface area contributed by atoms with E-state index in [1.165, 1.54) is 6.92 Å². The van der Waals surface area contributed by atoms with Gasteiger partial charge < -0.3 is 4.90 Å². The van der Waals surface area contributed by atoms with Crippen molar-refractivity contribution in [3.63, 3.8) is 0 Å². The lowest BCUT2D eigenvalue weighted by molar-refractivity contribution is -0.130. The molecule has 1 saturated heterocycles. The zero-order valence-electron chi connectivity index (χ0n) is 6.14. The Morgan fingerprint density at radius 3 is 2.80 bits per heavy atom. The predicted octanol–water partition coefficient (Wildman–Crippen LogP) is 0.967. The van der Waals surface area contributed by atoms with Crippen LogP contribution in [0.1, 0.15) is 19.8 Å². The highest BCUT2D eigenvalue weighted by Crippen LogP contribution is 2.12. The first kappa shape index (κ1) is 7.51. The van der Waals surface area contributed by atoms with E-state index in [1.54, 1.807) is 4.90 Å². The Morgan fingerprint density at radius 2 is 2.40 bits per heavy atom. The lowest BCUT2D eigenvalue weighted by atomic mass is 10.1. The molecule has 58 valence electrons. The van der Waals surface area contributed by atoms with Crippen LogP contribution in [0.15, 0.2) is 0 Å². The fourth-order valence-electron chi connectivity index (χ4n) is 1.21. The fourth-order valence-corrected chi connectivity index (χ4v) is 1.21. The zero-order valence-corrected chi connectivity index (χ0v) is 6.14. The van der Waals surface area contributed by atoms with Gasteiger partial charge in [0, 0.05) is 13.5 Å². The molecule has 2 nitrogen and oxygen atoms in total. The van der Waals surface area contributed by atoms with E-state index < -0.39 is 6.17 Å². The van der Waals surface area contributed by atoms with Gasteiger partial charge in [0.15, 0.2) is 0 Å². The van der Waals surface area contributed by atoms with E-state index in [9.17, 15) is 9.18 Å². The topological polar surface area (TPSA) is 20.3 Å². The van der Waals surface area contributed by atoms with Crippen LogP contribution >= 0.6 is 0 Å². The summed E-state index contributed by atoms with van der Waals surface area (Å²) in [6.45, 7) is 2.52. The van der Waals surface area contributed by atoms with Crippen LogP contribution in [0.3, 0.4) is 0 Å². The maximum Gasteiger partial charge on any atom is 0.219 e. The molecule has 0 aromatic rings. The second-order valence-electron chi connectivity index (χ2n) is 2.70. The van der Waals surface area contributed by atoms with Crippen molar-refractivity contribution in [2.24, 2.45) is 0 Å². The van der Waals surface area contributed by atoms with Gasteiger partial charge in [-0.05, 0) is 12.8 Å². The Balaban J connectivity index is 2.39. The Bertz CT molecular complexity index is 138. The number of carbonyl (C=O) groups excluding carboxylic acids is 1. The second-order valence-corrected chi connectivity index (χ2v) is 2.70. The summed E-state index contributed by atoms with van der Waals surface area (Å²) in [5.41, 5.74) is 0. The summed E-state index contributed by atoms with van der Waals surface area (Å²) in [5.74, 6) is -0.0117. The van der Waals surface area contributed by atoms with E-state index in [0.29, 0.717) is 13.0 Å². The van der Waals surface area contributed by atoms with Gasteiger partial charge in [0.1, 0.15) is 6.17 Å². The molecule has 1 fully saturated rings. The highest BCUT2D eigenvalue weighted by Gasteiger charge is 2.20. The number of alkyl halides is 1. The van der Waals surface area contributed by atoms with Gasteiger partial charge >= 0.3 is 0 Å². The number of amides is 1. The SMILES string of the molecule is CC(=O)N1CCC[C@@H](F)C1. The summed E-state index contributed by atoms with van der Waals surface area (Å²) in [6, 6.07) is 0. The fraction of sp³-hybridized carbons (Fsp3) is 0.857. The molecular formula is C7H12FNO. The summed E-state index contributed by atoms with van der Waals surface area (Å²) < 4.78 is 12.6. The molecule has 0 N–H and O–H groups in total. The van der Waals surface area contributed by atoms with Gasteiger partial charge in [-0.15, -0.1) is 0 Å². The third-order valence-electron chi connectivity index (χ3n) is 1.81. The van der Waals surface area contributed by atoms with Gasteiger partial charge in [-0.1, -0.05) is 0 Å². The molecule has 1 heterocycles. The number of hydrogen-bond donors (Lipinski definition) is 0. The Kier molecular flexibility index (Phi) is 2.25. The number of hydrogen-bond acceptors (Lipinski definition) is 1. The van der Waals surface area contributed by atoms with Crippen LogP contribution in [0.25, 0.3) is 0 Å². The van der Waals surface area contributed by atoms with Crippen LogP contribution in [-0.2, 0) is 4.79 Å². The predicted molar refractivity (Wildman–Crippen MR) is 36.4 cm³/mol. The van der Waals surface area contributed by atoms with Crippen LogP contribution in [0.4, 0.5) is 4.39 Å². The van der Waals surface area contributed by atoms with Crippen LogP contribution < -0.4 is 0 Å². The van der Waals surface area contributed by atoms with Gasteiger partial charge in [-0.2, -0.15) is 0 Å². The van der Waals surface area contributed by atoms with Crippen molar-refractivity contribution in [1.29, 1.82) is 0 Å². The number of nitrogens with zero attached hydrogens (tertiary/aromatic N) is 1. The lowest BCUT2D eigenvalue weighted by Crippen LogP contribution is -2.39. The molecule has 10 heavy (non-hydrogen) atoms. The molecule has 0 saturated carbocycles. The van der Waals surface area contributed by atoms with Crippen molar-refractivity contribution in [2.75, 3.05) is 13.1 Å². The molecule has 1 atom stereocenters. The summed E-state index contributed by atoms with van der Waals surface area (Å²) in [5, 5.41) is 0. The minimum absolute atomic E-state index is 0.0117. The minimum atomic E-state index is -0.794. The van der Waals surface area contributed by atoms with Gasteiger partial charge in [0.2, 0.25) is 5.91 Å². The molecule has 1 amide bonds. The van der Waals surface area contributed by atoms with E-state index in [-0.39, 0.29) is 5.91 Å². The third kappa shape index (κ3) is 1.69. The van der Waals surface area contributed by atoms with Crippen LogP contribution in [0, 0.1) is 0 Å². The summed E-state index contributed by atoms with van der Waals surface area (Å²) >= 11 is 0. The maximum absolute atomic E-state index is 12.6. The molecule has 0 radical (unpaired) electrons. The minimum Gasteiger partial charge on any atom is -0.340 e. The first-order valence-corrected chi connectivity index (χ1v) is 3.59. The van der Waals surface area contributed by atoms with Crippen LogP contribution in [0.2, 0.25) is 0 Å². The molecule has 1 rings (SSSR count). The third-order valence-corrected chi connectivity index (χ3v) is 1.81. The normalized spacial score (nSPS) is 26.6. The van der Waals surface area contributed by atoms with E-state index in [1.807, 2.05) is 0 Å². The Morgan fingerprint density at radius 1 is 1.70 bits per heavy atom. The first-order chi connectivity index (χ1) is 4.70. The standard InChI is InChI=1S/C7H12FNO/c1-6(10)9-4-2-3-7(8)5-9/h7H,2-5H2,1H3/t7-/m1/s1. The van der Waals surface area contributed by atoms with Crippen molar-refractivity contribution < 1.29 is 9.18 Å². The van der Waals surface area contributed by atoms with Gasteiger partial charge in [0.25, 0.3) is 0 Å². The van der Waals surface area contributed by atoms with E-state index in [4.69, 9.17) is 0 Å². The molecule has 0 aromatic carbocycles. The van der Waals surface area contributed by atoms with Gasteiger partial charge in [-0.3, -0.25) is 4.79 Å². The number of rotatable bonds is 0. The number of likely N-dealkylation sites (tertiary alicyclic amines) is 1. The van der Waals surface area contributed by atoms with Crippen LogP contribution in [0.5, 0.6) is 0 Å². The van der Waals surface area contributed by atoms with Gasteiger partial charge in [0.05, 0.1) is 6.54 Å². The highest BCUT2D eigenvalue weighted by molar-refractivity contribution is 5.73. The molecule has 0 spiro atoms. The largest absolute Gasteiger partial charge is 0.340 e. The highest BCUT2D eigenvalue weighted by atomic mass is 19.1. The van der Waals surface area contributed by atoms with Gasteiger partial charge in [-0.25, -0.2) is 4.39 Å². The molecule has 0 aromatic heterocycles. The van der Waals surface area contributed by atoms with Crippen molar-refractivity contribution in [1.82, 2.24) is 4.90 Å². The first-order valence-electron chi connectivity index (χ1n) is 3.59. The zero-order chi connectivity index (χ0) is 7.56. The summed E-state index contributed by atoms with van der Waals surface area (Å²) in [7, 11) is 0. The molecule has 0 unspecified atom stereocenters. The summed E-state index contributed by atoms with van der Waals surface area (Å²) in [6.07, 6.45) is 0.627. The lowest BCUT2D eigenvalue weighted by Gasteiger charge is -2.27. The van der Waals surface area contributed by atoms with Crippen molar-refractivity contribution in [2.45, 2.75) is 25.9 Å². The van der Waals surface area contributed by atoms with Crippen molar-refractivity contribution in [3.05, 3.63) is 0 Å². The molecule has 0 bridgehead atoms. The smallest absolute Gasteiger partial charge is 0.219 e. The molecule has 1 aliphatic heterocycles. The van der Waals surface area contributed by atoms with E-state index >= 15 is 0 Å². The molecule has 1 aliphatic rings. The number of carbonyl (C=O) groups is 1.